The normalized spacial score (nSPS) is 16.1. The predicted molar refractivity (Wildman–Crippen MR) is 81.8 cm³/mol. The van der Waals surface area contributed by atoms with Crippen LogP contribution in [0.2, 0.25) is 0 Å². The first-order valence-electron chi connectivity index (χ1n) is 7.21. The molecule has 3 heteroatoms. The fraction of sp³-hybridized carbons (Fsp3) is 0.412. The smallest absolute Gasteiger partial charge is 0.136 e. The van der Waals surface area contributed by atoms with Gasteiger partial charge >= 0.3 is 0 Å². The van der Waals surface area contributed by atoms with Gasteiger partial charge in [0.15, 0.2) is 0 Å². The highest BCUT2D eigenvalue weighted by Crippen LogP contribution is 2.46. The van der Waals surface area contributed by atoms with E-state index < -0.39 is 0 Å². The van der Waals surface area contributed by atoms with E-state index in [0.29, 0.717) is 0 Å². The molecule has 0 bridgehead atoms. The van der Waals surface area contributed by atoms with E-state index in [1.54, 1.807) is 0 Å². The molecule has 20 heavy (non-hydrogen) atoms. The highest BCUT2D eigenvalue weighted by molar-refractivity contribution is 5.60. The molecule has 1 aromatic heterocycles. The SMILES string of the molecule is CNCC1(c2nc(C)cc(-c3ccc(C)cc3)n2)CC1. The van der Waals surface area contributed by atoms with Crippen molar-refractivity contribution in [1.29, 1.82) is 0 Å². The van der Waals surface area contributed by atoms with Crippen LogP contribution in [-0.2, 0) is 5.41 Å². The molecule has 0 amide bonds. The third-order valence-corrected chi connectivity index (χ3v) is 4.04. The summed E-state index contributed by atoms with van der Waals surface area (Å²) in [5.74, 6) is 1.00. The van der Waals surface area contributed by atoms with Crippen LogP contribution < -0.4 is 5.32 Å². The minimum atomic E-state index is 0.167. The van der Waals surface area contributed by atoms with Gasteiger partial charge in [-0.25, -0.2) is 9.97 Å². The maximum Gasteiger partial charge on any atom is 0.136 e. The van der Waals surface area contributed by atoms with E-state index in [-0.39, 0.29) is 5.41 Å². The molecule has 104 valence electrons. The zero-order chi connectivity index (χ0) is 14.2. The van der Waals surface area contributed by atoms with E-state index in [1.807, 2.05) is 7.05 Å². The second-order valence-electron chi connectivity index (χ2n) is 5.89. The molecule has 2 aromatic rings. The second-order valence-corrected chi connectivity index (χ2v) is 5.89. The fourth-order valence-corrected chi connectivity index (χ4v) is 2.65. The summed E-state index contributed by atoms with van der Waals surface area (Å²) in [5.41, 5.74) is 4.69. The van der Waals surface area contributed by atoms with E-state index in [1.165, 1.54) is 24.0 Å². The molecule has 0 spiro atoms. The third-order valence-electron chi connectivity index (χ3n) is 4.04. The Labute approximate surface area is 120 Å². The van der Waals surface area contributed by atoms with Gasteiger partial charge in [0.1, 0.15) is 5.82 Å². The van der Waals surface area contributed by atoms with Crippen molar-refractivity contribution in [3.05, 3.63) is 47.4 Å². The molecule has 1 aromatic carbocycles. The third kappa shape index (κ3) is 2.46. The van der Waals surface area contributed by atoms with Crippen molar-refractivity contribution < 1.29 is 0 Å². The lowest BCUT2D eigenvalue weighted by Gasteiger charge is -2.15. The van der Waals surface area contributed by atoms with Crippen LogP contribution in [-0.4, -0.2) is 23.6 Å². The zero-order valence-electron chi connectivity index (χ0n) is 12.4. The van der Waals surface area contributed by atoms with Crippen molar-refractivity contribution in [2.24, 2.45) is 0 Å². The average molecular weight is 267 g/mol. The Hall–Kier alpha value is -1.74. The Morgan fingerprint density at radius 2 is 1.80 bits per heavy atom. The number of aryl methyl sites for hydroxylation is 2. The van der Waals surface area contributed by atoms with Gasteiger partial charge in [0.05, 0.1) is 5.69 Å². The Kier molecular flexibility index (Phi) is 3.30. The summed E-state index contributed by atoms with van der Waals surface area (Å²) in [4.78, 5) is 9.51. The number of nitrogens with one attached hydrogen (secondary N) is 1. The van der Waals surface area contributed by atoms with Gasteiger partial charge in [-0.05, 0) is 39.8 Å². The minimum Gasteiger partial charge on any atom is -0.319 e. The summed E-state index contributed by atoms with van der Waals surface area (Å²) in [6.45, 7) is 5.12. The Balaban J connectivity index is 2.01. The highest BCUT2D eigenvalue weighted by atomic mass is 15.0. The monoisotopic (exact) mass is 267 g/mol. The quantitative estimate of drug-likeness (QED) is 0.925. The van der Waals surface area contributed by atoms with E-state index >= 15 is 0 Å². The minimum absolute atomic E-state index is 0.167. The molecule has 1 heterocycles. The summed E-state index contributed by atoms with van der Waals surface area (Å²) in [7, 11) is 2.00. The van der Waals surface area contributed by atoms with Gasteiger partial charge in [0, 0.05) is 23.2 Å². The lowest BCUT2D eigenvalue weighted by Crippen LogP contribution is -2.26. The van der Waals surface area contributed by atoms with Crippen LogP contribution >= 0.6 is 0 Å². The van der Waals surface area contributed by atoms with Crippen molar-refractivity contribution in [2.75, 3.05) is 13.6 Å². The van der Waals surface area contributed by atoms with Crippen LogP contribution in [0.15, 0.2) is 30.3 Å². The van der Waals surface area contributed by atoms with E-state index in [2.05, 4.69) is 54.5 Å². The highest BCUT2D eigenvalue weighted by Gasteiger charge is 2.46. The molecule has 1 saturated carbocycles. The van der Waals surface area contributed by atoms with Crippen LogP contribution in [0.5, 0.6) is 0 Å². The van der Waals surface area contributed by atoms with Crippen molar-refractivity contribution in [3.8, 4) is 11.3 Å². The molecule has 1 aliphatic rings. The second kappa shape index (κ2) is 4.98. The van der Waals surface area contributed by atoms with Gasteiger partial charge in [-0.2, -0.15) is 0 Å². The van der Waals surface area contributed by atoms with Gasteiger partial charge in [0.25, 0.3) is 0 Å². The van der Waals surface area contributed by atoms with Crippen molar-refractivity contribution in [3.63, 3.8) is 0 Å². The van der Waals surface area contributed by atoms with Crippen LogP contribution in [0.3, 0.4) is 0 Å². The first kappa shape index (κ1) is 13.3. The summed E-state index contributed by atoms with van der Waals surface area (Å²) in [6, 6.07) is 10.6. The van der Waals surface area contributed by atoms with Crippen molar-refractivity contribution in [1.82, 2.24) is 15.3 Å². The molecule has 0 aliphatic heterocycles. The molecular formula is C17H21N3. The zero-order valence-corrected chi connectivity index (χ0v) is 12.4. The molecule has 1 aliphatic carbocycles. The fourth-order valence-electron chi connectivity index (χ4n) is 2.65. The first-order valence-corrected chi connectivity index (χ1v) is 7.21. The first-order chi connectivity index (χ1) is 9.63. The number of hydrogen-bond donors (Lipinski definition) is 1. The number of rotatable bonds is 4. The summed E-state index contributed by atoms with van der Waals surface area (Å²) in [5, 5.41) is 3.28. The molecule has 0 saturated heterocycles. The van der Waals surface area contributed by atoms with E-state index in [4.69, 9.17) is 4.98 Å². The molecule has 3 rings (SSSR count). The maximum absolute atomic E-state index is 4.84. The Morgan fingerprint density at radius 1 is 1.10 bits per heavy atom. The van der Waals surface area contributed by atoms with Crippen molar-refractivity contribution >= 4 is 0 Å². The summed E-state index contributed by atoms with van der Waals surface area (Å²) in [6.07, 6.45) is 2.37. The van der Waals surface area contributed by atoms with Crippen LogP contribution in [0.25, 0.3) is 11.3 Å². The van der Waals surface area contributed by atoms with Crippen LogP contribution in [0.4, 0.5) is 0 Å². The summed E-state index contributed by atoms with van der Waals surface area (Å²) < 4.78 is 0. The Morgan fingerprint density at radius 3 is 2.40 bits per heavy atom. The topological polar surface area (TPSA) is 37.8 Å². The number of aromatic nitrogens is 2. The standard InChI is InChI=1S/C17H21N3/c1-12-4-6-14(7-5-12)15-10-13(2)19-16(20-15)17(8-9-17)11-18-3/h4-7,10,18H,8-9,11H2,1-3H3. The Bertz CT molecular complexity index is 613. The van der Waals surface area contributed by atoms with Gasteiger partial charge in [-0.15, -0.1) is 0 Å². The molecule has 0 unspecified atom stereocenters. The van der Waals surface area contributed by atoms with Gasteiger partial charge < -0.3 is 5.32 Å². The van der Waals surface area contributed by atoms with Crippen LogP contribution in [0.1, 0.15) is 29.9 Å². The molecule has 1 N–H and O–H groups in total. The number of likely N-dealkylation sites (N-methyl/N-ethyl adjacent to an activating group) is 1. The maximum atomic E-state index is 4.84. The van der Waals surface area contributed by atoms with E-state index in [9.17, 15) is 0 Å². The molecule has 3 nitrogen and oxygen atoms in total. The molecule has 1 fully saturated rings. The number of benzene rings is 1. The number of hydrogen-bond acceptors (Lipinski definition) is 3. The lowest BCUT2D eigenvalue weighted by atomic mass is 10.0. The summed E-state index contributed by atoms with van der Waals surface area (Å²) >= 11 is 0. The van der Waals surface area contributed by atoms with Crippen LogP contribution in [0, 0.1) is 13.8 Å². The molecule has 0 radical (unpaired) electrons. The van der Waals surface area contributed by atoms with Gasteiger partial charge in [-0.3, -0.25) is 0 Å². The molecule has 0 atom stereocenters. The van der Waals surface area contributed by atoms with E-state index in [0.717, 1.165) is 23.8 Å². The average Bonchev–Trinajstić information content (AvgIpc) is 3.20. The van der Waals surface area contributed by atoms with Gasteiger partial charge in [0.2, 0.25) is 0 Å². The predicted octanol–water partition coefficient (Wildman–Crippen LogP) is 3.01. The largest absolute Gasteiger partial charge is 0.319 e. The molecular weight excluding hydrogens is 246 g/mol. The van der Waals surface area contributed by atoms with Gasteiger partial charge in [-0.1, -0.05) is 29.8 Å². The van der Waals surface area contributed by atoms with Crippen molar-refractivity contribution in [2.45, 2.75) is 32.1 Å². The lowest BCUT2D eigenvalue weighted by molar-refractivity contribution is 0.586. The number of nitrogens with zero attached hydrogens (tertiary/aromatic N) is 2.